The Morgan fingerprint density at radius 2 is 1.29 bits per heavy atom. The molecular formula is C22H27N3O3. The molecular weight excluding hydrogens is 354 g/mol. The lowest BCUT2D eigenvalue weighted by atomic mass is 10.00. The molecule has 0 heterocycles. The SMILES string of the molecule is CO/N=C(/C)c1cccc(C)c1CO/N=C(\C)c1ccc(/C(C)=N/OC)cc1. The van der Waals surface area contributed by atoms with Crippen LogP contribution in [0.1, 0.15) is 48.6 Å². The molecule has 0 atom stereocenters. The summed E-state index contributed by atoms with van der Waals surface area (Å²) >= 11 is 0. The third-order valence-corrected chi connectivity index (χ3v) is 4.39. The summed E-state index contributed by atoms with van der Waals surface area (Å²) in [6.45, 7) is 8.13. The highest BCUT2D eigenvalue weighted by Crippen LogP contribution is 2.17. The number of hydrogen-bond donors (Lipinski definition) is 0. The van der Waals surface area contributed by atoms with Crippen LogP contribution in [-0.2, 0) is 21.1 Å². The van der Waals surface area contributed by atoms with Crippen molar-refractivity contribution >= 4 is 17.1 Å². The van der Waals surface area contributed by atoms with Gasteiger partial charge >= 0.3 is 0 Å². The van der Waals surface area contributed by atoms with Gasteiger partial charge in [-0.2, -0.15) is 0 Å². The molecule has 28 heavy (non-hydrogen) atoms. The van der Waals surface area contributed by atoms with Crippen LogP contribution in [-0.4, -0.2) is 31.4 Å². The summed E-state index contributed by atoms with van der Waals surface area (Å²) in [5.41, 5.74) is 7.55. The second-order valence-electron chi connectivity index (χ2n) is 6.35. The average Bonchev–Trinajstić information content (AvgIpc) is 2.69. The van der Waals surface area contributed by atoms with Crippen molar-refractivity contribution in [2.45, 2.75) is 34.3 Å². The van der Waals surface area contributed by atoms with Crippen LogP contribution in [0.4, 0.5) is 0 Å². The Kier molecular flexibility index (Phi) is 7.75. The Hall–Kier alpha value is -3.15. The molecule has 0 unspecified atom stereocenters. The van der Waals surface area contributed by atoms with Crippen molar-refractivity contribution in [2.24, 2.45) is 15.5 Å². The number of rotatable bonds is 8. The molecule has 2 aromatic carbocycles. The lowest BCUT2D eigenvalue weighted by Crippen LogP contribution is -2.05. The largest absolute Gasteiger partial charge is 0.399 e. The summed E-state index contributed by atoms with van der Waals surface area (Å²) in [7, 11) is 3.07. The first kappa shape index (κ1) is 21.2. The van der Waals surface area contributed by atoms with Crippen LogP contribution >= 0.6 is 0 Å². The van der Waals surface area contributed by atoms with Crippen molar-refractivity contribution in [2.75, 3.05) is 14.2 Å². The van der Waals surface area contributed by atoms with Crippen LogP contribution in [0.5, 0.6) is 0 Å². The highest BCUT2D eigenvalue weighted by molar-refractivity contribution is 6.02. The van der Waals surface area contributed by atoms with E-state index in [1.807, 2.05) is 70.2 Å². The monoisotopic (exact) mass is 381 g/mol. The predicted molar refractivity (Wildman–Crippen MR) is 113 cm³/mol. The first-order chi connectivity index (χ1) is 13.5. The summed E-state index contributed by atoms with van der Waals surface area (Å²) < 4.78 is 0. The Bertz CT molecular complexity index is 884. The van der Waals surface area contributed by atoms with E-state index in [0.717, 1.165) is 45.0 Å². The number of nitrogens with zero attached hydrogens (tertiary/aromatic N) is 3. The van der Waals surface area contributed by atoms with Gasteiger partial charge in [0.25, 0.3) is 0 Å². The molecule has 0 aliphatic rings. The number of oxime groups is 3. The van der Waals surface area contributed by atoms with Crippen molar-refractivity contribution < 1.29 is 14.5 Å². The van der Waals surface area contributed by atoms with Gasteiger partial charge in [-0.3, -0.25) is 0 Å². The summed E-state index contributed by atoms with van der Waals surface area (Å²) in [5, 5.41) is 12.2. The quantitative estimate of drug-likeness (QED) is 0.493. The van der Waals surface area contributed by atoms with Gasteiger partial charge in [-0.1, -0.05) is 57.9 Å². The van der Waals surface area contributed by atoms with Crippen molar-refractivity contribution in [3.63, 3.8) is 0 Å². The van der Waals surface area contributed by atoms with Crippen LogP contribution in [0.25, 0.3) is 0 Å². The van der Waals surface area contributed by atoms with Gasteiger partial charge in [0, 0.05) is 11.1 Å². The Balaban J connectivity index is 2.13. The second-order valence-corrected chi connectivity index (χ2v) is 6.35. The van der Waals surface area contributed by atoms with Gasteiger partial charge in [-0.15, -0.1) is 0 Å². The van der Waals surface area contributed by atoms with E-state index < -0.39 is 0 Å². The molecule has 0 bridgehead atoms. The summed E-state index contributed by atoms with van der Waals surface area (Å²) in [6.07, 6.45) is 0. The highest BCUT2D eigenvalue weighted by atomic mass is 16.6. The van der Waals surface area contributed by atoms with Gasteiger partial charge in [0.1, 0.15) is 20.8 Å². The van der Waals surface area contributed by atoms with Gasteiger partial charge in [0.05, 0.1) is 17.1 Å². The fourth-order valence-corrected chi connectivity index (χ4v) is 2.81. The number of hydrogen-bond acceptors (Lipinski definition) is 6. The third kappa shape index (κ3) is 5.42. The molecule has 0 saturated carbocycles. The normalized spacial score (nSPS) is 12.7. The molecule has 0 spiro atoms. The van der Waals surface area contributed by atoms with E-state index in [1.165, 1.54) is 14.2 Å². The topological polar surface area (TPSA) is 64.8 Å². The second kappa shape index (κ2) is 10.3. The number of benzene rings is 2. The van der Waals surface area contributed by atoms with Gasteiger partial charge < -0.3 is 14.5 Å². The molecule has 0 saturated heterocycles. The van der Waals surface area contributed by atoms with Gasteiger partial charge in [-0.05, 0) is 44.4 Å². The van der Waals surface area contributed by atoms with E-state index >= 15 is 0 Å². The lowest BCUT2D eigenvalue weighted by Gasteiger charge is -2.11. The minimum Gasteiger partial charge on any atom is -0.399 e. The zero-order chi connectivity index (χ0) is 20.5. The van der Waals surface area contributed by atoms with E-state index in [9.17, 15) is 0 Å². The fourth-order valence-electron chi connectivity index (χ4n) is 2.81. The van der Waals surface area contributed by atoms with Crippen molar-refractivity contribution in [3.05, 3.63) is 70.3 Å². The van der Waals surface area contributed by atoms with Gasteiger partial charge in [0.2, 0.25) is 0 Å². The van der Waals surface area contributed by atoms with Crippen molar-refractivity contribution in [1.82, 2.24) is 0 Å². The Morgan fingerprint density at radius 1 is 0.750 bits per heavy atom. The smallest absolute Gasteiger partial charge is 0.143 e. The van der Waals surface area contributed by atoms with E-state index in [4.69, 9.17) is 14.5 Å². The maximum absolute atomic E-state index is 5.65. The van der Waals surface area contributed by atoms with Gasteiger partial charge in [-0.25, -0.2) is 0 Å². The van der Waals surface area contributed by atoms with Crippen LogP contribution in [0.3, 0.4) is 0 Å². The molecule has 6 heteroatoms. The van der Waals surface area contributed by atoms with E-state index in [1.54, 1.807) is 0 Å². The zero-order valence-electron chi connectivity index (χ0n) is 17.3. The molecule has 0 amide bonds. The molecule has 0 aliphatic heterocycles. The molecule has 6 nitrogen and oxygen atoms in total. The Morgan fingerprint density at radius 3 is 1.86 bits per heavy atom. The lowest BCUT2D eigenvalue weighted by molar-refractivity contribution is 0.130. The van der Waals surface area contributed by atoms with E-state index in [-0.39, 0.29) is 0 Å². The molecule has 2 aromatic rings. The molecule has 0 radical (unpaired) electrons. The van der Waals surface area contributed by atoms with E-state index in [2.05, 4.69) is 15.5 Å². The maximum Gasteiger partial charge on any atom is 0.143 e. The molecule has 0 fully saturated rings. The minimum atomic E-state index is 0.355. The van der Waals surface area contributed by atoms with Crippen LogP contribution in [0, 0.1) is 6.92 Å². The van der Waals surface area contributed by atoms with Crippen molar-refractivity contribution in [3.8, 4) is 0 Å². The van der Waals surface area contributed by atoms with Crippen molar-refractivity contribution in [1.29, 1.82) is 0 Å². The molecule has 148 valence electrons. The maximum atomic E-state index is 5.65. The summed E-state index contributed by atoms with van der Waals surface area (Å²) in [6, 6.07) is 14.0. The Labute approximate surface area is 166 Å². The predicted octanol–water partition coefficient (Wildman–Crippen LogP) is 4.68. The molecule has 0 N–H and O–H groups in total. The summed E-state index contributed by atoms with van der Waals surface area (Å²) in [5.74, 6) is 0. The van der Waals surface area contributed by atoms with Crippen LogP contribution in [0.15, 0.2) is 57.9 Å². The first-order valence-corrected chi connectivity index (χ1v) is 8.99. The third-order valence-electron chi connectivity index (χ3n) is 4.39. The van der Waals surface area contributed by atoms with Crippen LogP contribution in [0.2, 0.25) is 0 Å². The molecule has 0 aromatic heterocycles. The zero-order valence-corrected chi connectivity index (χ0v) is 17.3. The number of aryl methyl sites for hydroxylation is 1. The molecule has 2 rings (SSSR count). The average molecular weight is 381 g/mol. The molecule has 0 aliphatic carbocycles. The first-order valence-electron chi connectivity index (χ1n) is 8.99. The van der Waals surface area contributed by atoms with Gasteiger partial charge in [0.15, 0.2) is 0 Å². The fraction of sp³-hybridized carbons (Fsp3) is 0.318. The highest BCUT2D eigenvalue weighted by Gasteiger charge is 2.10. The van der Waals surface area contributed by atoms with Crippen LogP contribution < -0.4 is 0 Å². The van der Waals surface area contributed by atoms with E-state index in [0.29, 0.717) is 6.61 Å². The standard InChI is InChI=1S/C22H27N3O3/c1-15-8-7-9-21(18(4)24-27-6)22(15)14-28-25-17(3)20-12-10-19(11-13-20)16(2)23-26-5/h7-13H,14H2,1-6H3/b23-16+,24-18-,25-17+. The summed E-state index contributed by atoms with van der Waals surface area (Å²) in [4.78, 5) is 15.4. The minimum absolute atomic E-state index is 0.355.